The van der Waals surface area contributed by atoms with Crippen molar-refractivity contribution in [3.8, 4) is 11.6 Å². The molecule has 0 aromatic carbocycles. The van der Waals surface area contributed by atoms with Crippen LogP contribution in [0.25, 0.3) is 11.6 Å². The van der Waals surface area contributed by atoms with Crippen LogP contribution < -0.4 is 16.6 Å². The van der Waals surface area contributed by atoms with Gasteiger partial charge in [-0.25, -0.2) is 9.18 Å². The highest BCUT2D eigenvalue weighted by atomic mass is 19.1. The van der Waals surface area contributed by atoms with Crippen LogP contribution in [0.1, 0.15) is 60.4 Å². The van der Waals surface area contributed by atoms with E-state index in [1.165, 1.54) is 9.13 Å². The van der Waals surface area contributed by atoms with E-state index in [1.807, 2.05) is 6.07 Å². The van der Waals surface area contributed by atoms with E-state index in [9.17, 15) is 18.8 Å². The van der Waals surface area contributed by atoms with Gasteiger partial charge in [-0.3, -0.25) is 23.7 Å². The van der Waals surface area contributed by atoms with Crippen LogP contribution in [0.5, 0.6) is 0 Å². The molecule has 1 aliphatic carbocycles. The molecule has 0 bridgehead atoms. The number of amides is 1. The van der Waals surface area contributed by atoms with Gasteiger partial charge in [0.05, 0.1) is 5.56 Å². The molecule has 10 nitrogen and oxygen atoms in total. The Hall–Kier alpha value is -3.89. The number of nitrogens with zero attached hydrogens (tertiary/aromatic N) is 5. The SMILES string of the molecule is C=C1Cc2c(n(CCCC3(F)CC3)c(=O)n(CCCCc3noc(-c4ccccn4)n3)c2=O)C(=O)N1. The maximum absolute atomic E-state index is 14.1. The van der Waals surface area contributed by atoms with Crippen molar-refractivity contribution in [3.63, 3.8) is 0 Å². The fourth-order valence-corrected chi connectivity index (χ4v) is 4.50. The van der Waals surface area contributed by atoms with E-state index in [-0.39, 0.29) is 30.8 Å². The van der Waals surface area contributed by atoms with E-state index < -0.39 is 22.8 Å². The first-order chi connectivity index (χ1) is 17.3. The summed E-state index contributed by atoms with van der Waals surface area (Å²) in [6, 6.07) is 5.40. The van der Waals surface area contributed by atoms with Crippen LogP contribution in [0.3, 0.4) is 0 Å². The maximum Gasteiger partial charge on any atom is 0.331 e. The van der Waals surface area contributed by atoms with E-state index in [0.717, 1.165) is 0 Å². The average molecular weight is 495 g/mol. The van der Waals surface area contributed by atoms with E-state index in [2.05, 4.69) is 27.0 Å². The molecule has 1 aliphatic heterocycles. The van der Waals surface area contributed by atoms with Gasteiger partial charge in [0.2, 0.25) is 0 Å². The van der Waals surface area contributed by atoms with Gasteiger partial charge in [0.25, 0.3) is 17.4 Å². The minimum atomic E-state index is -1.15. The molecule has 4 heterocycles. The molecule has 11 heteroatoms. The van der Waals surface area contributed by atoms with Crippen LogP contribution in [-0.4, -0.2) is 35.8 Å². The fourth-order valence-electron chi connectivity index (χ4n) is 4.50. The first-order valence-corrected chi connectivity index (χ1v) is 12.1. The summed E-state index contributed by atoms with van der Waals surface area (Å²) in [5.74, 6) is 0.322. The third-order valence-electron chi connectivity index (χ3n) is 6.60. The first-order valence-electron chi connectivity index (χ1n) is 12.1. The molecule has 0 spiro atoms. The van der Waals surface area contributed by atoms with Crippen molar-refractivity contribution in [2.24, 2.45) is 0 Å². The van der Waals surface area contributed by atoms with Crippen LogP contribution >= 0.6 is 0 Å². The molecule has 1 fully saturated rings. The Balaban J connectivity index is 1.30. The number of nitrogens with one attached hydrogen (secondary N) is 1. The molecule has 1 N–H and O–H groups in total. The van der Waals surface area contributed by atoms with Crippen molar-refractivity contribution < 1.29 is 13.7 Å². The second-order valence-corrected chi connectivity index (χ2v) is 9.39. The highest BCUT2D eigenvalue weighted by molar-refractivity contribution is 5.96. The maximum atomic E-state index is 14.1. The molecule has 188 valence electrons. The monoisotopic (exact) mass is 494 g/mol. The predicted molar refractivity (Wildman–Crippen MR) is 128 cm³/mol. The summed E-state index contributed by atoms with van der Waals surface area (Å²) in [7, 11) is 0. The van der Waals surface area contributed by atoms with Gasteiger partial charge in [-0.15, -0.1) is 0 Å². The molecule has 36 heavy (non-hydrogen) atoms. The zero-order valence-electron chi connectivity index (χ0n) is 19.8. The molecule has 0 atom stereocenters. The summed E-state index contributed by atoms with van der Waals surface area (Å²) in [5.41, 5.74) is -0.883. The number of alkyl halides is 1. The molecule has 5 rings (SSSR count). The number of hydrogen-bond acceptors (Lipinski definition) is 7. The highest BCUT2D eigenvalue weighted by Crippen LogP contribution is 2.43. The topological polar surface area (TPSA) is 125 Å². The molecular weight excluding hydrogens is 467 g/mol. The number of rotatable bonds is 10. The molecule has 1 amide bonds. The standard InChI is InChI=1S/C25H27FN6O4/c1-16-15-17-20(21(33)28-16)31(14-6-9-25(26)10-11-25)24(35)32(23(17)34)13-5-3-8-19-29-22(36-30-19)18-7-2-4-12-27-18/h2,4,7,12H,1,3,5-6,8-11,13-15H2,(H,28,33). The lowest BCUT2D eigenvalue weighted by Crippen LogP contribution is -2.48. The molecule has 3 aromatic heterocycles. The van der Waals surface area contributed by atoms with E-state index in [0.29, 0.717) is 68.1 Å². The van der Waals surface area contributed by atoms with Gasteiger partial charge in [-0.2, -0.15) is 4.98 Å². The number of fused-ring (bicyclic) bond motifs is 1. The third kappa shape index (κ3) is 4.91. The zero-order valence-corrected chi connectivity index (χ0v) is 19.8. The molecular formula is C25H27FN6O4. The average Bonchev–Trinajstić information content (AvgIpc) is 3.40. The number of carbonyl (C=O) groups excluding carboxylic acids is 1. The van der Waals surface area contributed by atoms with Crippen molar-refractivity contribution >= 4 is 5.91 Å². The van der Waals surface area contributed by atoms with Crippen LogP contribution in [0, 0.1) is 0 Å². The number of unbranched alkanes of at least 4 members (excludes halogenated alkanes) is 1. The minimum Gasteiger partial charge on any atom is -0.332 e. The summed E-state index contributed by atoms with van der Waals surface area (Å²) in [5, 5.41) is 6.58. The molecule has 0 saturated heterocycles. The molecule has 2 aliphatic rings. The van der Waals surface area contributed by atoms with Gasteiger partial charge in [-0.05, 0) is 50.7 Å². The number of halogens is 1. The number of aromatic nitrogens is 5. The van der Waals surface area contributed by atoms with Crippen molar-refractivity contribution in [3.05, 3.63) is 74.6 Å². The highest BCUT2D eigenvalue weighted by Gasteiger charge is 2.42. The Morgan fingerprint density at radius 3 is 2.67 bits per heavy atom. The largest absolute Gasteiger partial charge is 0.332 e. The number of aryl methyl sites for hydroxylation is 1. The normalized spacial score (nSPS) is 16.0. The van der Waals surface area contributed by atoms with Crippen LogP contribution in [0.4, 0.5) is 4.39 Å². The minimum absolute atomic E-state index is 0.0613. The summed E-state index contributed by atoms with van der Waals surface area (Å²) in [6.45, 7) is 4.13. The van der Waals surface area contributed by atoms with Crippen molar-refractivity contribution in [2.45, 2.75) is 70.1 Å². The molecule has 1 saturated carbocycles. The number of allylic oxidation sites excluding steroid dienone is 1. The van der Waals surface area contributed by atoms with Crippen LogP contribution in [-0.2, 0) is 25.9 Å². The van der Waals surface area contributed by atoms with Crippen LogP contribution in [0.15, 0.2) is 50.8 Å². The first kappa shape index (κ1) is 23.8. The zero-order chi connectivity index (χ0) is 25.3. The molecule has 3 aromatic rings. The van der Waals surface area contributed by atoms with Crippen molar-refractivity contribution in [2.75, 3.05) is 0 Å². The second-order valence-electron chi connectivity index (χ2n) is 9.39. The van der Waals surface area contributed by atoms with Crippen molar-refractivity contribution in [1.82, 2.24) is 29.6 Å². The van der Waals surface area contributed by atoms with Gasteiger partial charge < -0.3 is 9.84 Å². The van der Waals surface area contributed by atoms with Gasteiger partial charge in [0, 0.05) is 37.8 Å². The van der Waals surface area contributed by atoms with E-state index in [1.54, 1.807) is 18.3 Å². The number of hydrogen-bond donors (Lipinski definition) is 1. The van der Waals surface area contributed by atoms with E-state index >= 15 is 0 Å². The second kappa shape index (κ2) is 9.63. The summed E-state index contributed by atoms with van der Waals surface area (Å²) in [4.78, 5) is 47.6. The van der Waals surface area contributed by atoms with Gasteiger partial charge in [0.1, 0.15) is 17.1 Å². The lowest BCUT2D eigenvalue weighted by atomic mass is 10.0. The Morgan fingerprint density at radius 1 is 1.11 bits per heavy atom. The summed E-state index contributed by atoms with van der Waals surface area (Å²) in [6.07, 6.45) is 5.23. The summed E-state index contributed by atoms with van der Waals surface area (Å²) >= 11 is 0. The smallest absolute Gasteiger partial charge is 0.331 e. The van der Waals surface area contributed by atoms with E-state index in [4.69, 9.17) is 4.52 Å². The van der Waals surface area contributed by atoms with Gasteiger partial charge in [0.15, 0.2) is 5.82 Å². The van der Waals surface area contributed by atoms with Crippen LogP contribution in [0.2, 0.25) is 0 Å². The van der Waals surface area contributed by atoms with Gasteiger partial charge in [-0.1, -0.05) is 17.8 Å². The lowest BCUT2D eigenvalue weighted by molar-refractivity contribution is 0.0945. The Kier molecular flexibility index (Phi) is 6.38. The quantitative estimate of drug-likeness (QED) is 0.430. The number of carbonyl (C=O) groups is 1. The lowest BCUT2D eigenvalue weighted by Gasteiger charge is -2.23. The molecule has 0 unspecified atom stereocenters. The Morgan fingerprint density at radius 2 is 1.92 bits per heavy atom. The third-order valence-corrected chi connectivity index (χ3v) is 6.60. The summed E-state index contributed by atoms with van der Waals surface area (Å²) < 4.78 is 21.9. The Labute approximate surface area is 205 Å². The predicted octanol–water partition coefficient (Wildman–Crippen LogP) is 2.56. The number of pyridine rings is 1. The van der Waals surface area contributed by atoms with Gasteiger partial charge >= 0.3 is 5.69 Å². The Bertz CT molecular complexity index is 1420. The fraction of sp³-hybridized carbons (Fsp3) is 0.440. The molecule has 0 radical (unpaired) electrons. The van der Waals surface area contributed by atoms with Crippen molar-refractivity contribution in [1.29, 1.82) is 0 Å².